The van der Waals surface area contributed by atoms with Crippen LogP contribution in [0, 0.1) is 0 Å². The molecule has 20 heavy (non-hydrogen) atoms. The van der Waals surface area contributed by atoms with E-state index in [1.165, 1.54) is 17.5 Å². The molecule has 0 heterocycles. The van der Waals surface area contributed by atoms with Gasteiger partial charge in [-0.1, -0.05) is 43.5 Å². The molecule has 0 aromatic heterocycles. The molecule has 1 unspecified atom stereocenters. The Balaban J connectivity index is 1.74. The highest BCUT2D eigenvalue weighted by Crippen LogP contribution is 2.35. The molecule has 1 saturated carbocycles. The lowest BCUT2D eigenvalue weighted by atomic mass is 9.82. The lowest BCUT2D eigenvalue weighted by molar-refractivity contribution is -0.158. The highest BCUT2D eigenvalue weighted by Gasteiger charge is 2.38. The maximum atomic E-state index is 12.5. The number of benzene rings is 1. The summed E-state index contributed by atoms with van der Waals surface area (Å²) in [4.78, 5) is 12.5. The normalized spacial score (nSPS) is 24.8. The smallest absolute Gasteiger partial charge is 0.326 e. The molecule has 0 amide bonds. The maximum absolute atomic E-state index is 12.5. The Kier molecular flexibility index (Phi) is 3.79. The fraction of sp³-hybridized carbons (Fsp3) is 0.588. The number of fused-ring (bicyclic) bond motifs is 1. The van der Waals surface area contributed by atoms with Gasteiger partial charge in [-0.3, -0.25) is 4.79 Å². The number of nitrogens with two attached hydrogens (primary N) is 1. The van der Waals surface area contributed by atoms with Crippen molar-refractivity contribution in [2.24, 2.45) is 5.73 Å². The summed E-state index contributed by atoms with van der Waals surface area (Å²) in [6.45, 7) is 0. The molecule has 3 rings (SSSR count). The van der Waals surface area contributed by atoms with Gasteiger partial charge < -0.3 is 10.5 Å². The third kappa shape index (κ3) is 2.59. The van der Waals surface area contributed by atoms with Crippen molar-refractivity contribution in [3.05, 3.63) is 35.4 Å². The molecule has 3 nitrogen and oxygen atoms in total. The summed E-state index contributed by atoms with van der Waals surface area (Å²) in [7, 11) is 0. The van der Waals surface area contributed by atoms with Crippen LogP contribution in [0.25, 0.3) is 0 Å². The van der Waals surface area contributed by atoms with Crippen molar-refractivity contribution in [2.45, 2.75) is 63.0 Å². The molecule has 0 radical (unpaired) electrons. The number of carbonyl (C=O) groups excluding carboxylic acids is 1. The quantitative estimate of drug-likeness (QED) is 0.841. The molecule has 0 aliphatic heterocycles. The summed E-state index contributed by atoms with van der Waals surface area (Å²) in [5.41, 5.74) is 8.00. The second kappa shape index (κ2) is 5.57. The zero-order chi connectivity index (χ0) is 14.0. The number of carbonyl (C=O) groups is 1. The van der Waals surface area contributed by atoms with E-state index < -0.39 is 5.54 Å². The maximum Gasteiger partial charge on any atom is 0.326 e. The number of rotatable bonds is 2. The topological polar surface area (TPSA) is 52.3 Å². The van der Waals surface area contributed by atoms with Crippen LogP contribution in [0.3, 0.4) is 0 Å². The monoisotopic (exact) mass is 273 g/mol. The highest BCUT2D eigenvalue weighted by atomic mass is 16.5. The summed E-state index contributed by atoms with van der Waals surface area (Å²) >= 11 is 0. The second-order valence-electron chi connectivity index (χ2n) is 6.20. The average Bonchev–Trinajstić information content (AvgIpc) is 2.48. The van der Waals surface area contributed by atoms with Gasteiger partial charge in [0.1, 0.15) is 11.6 Å². The van der Waals surface area contributed by atoms with E-state index in [1.54, 1.807) is 0 Å². The fourth-order valence-electron chi connectivity index (χ4n) is 3.47. The Morgan fingerprint density at radius 3 is 2.70 bits per heavy atom. The van der Waals surface area contributed by atoms with Gasteiger partial charge in [0.05, 0.1) is 0 Å². The lowest BCUT2D eigenvalue weighted by Crippen LogP contribution is -2.50. The summed E-state index contributed by atoms with van der Waals surface area (Å²) in [6.07, 6.45) is 7.75. The van der Waals surface area contributed by atoms with E-state index in [2.05, 4.69) is 18.2 Å². The van der Waals surface area contributed by atoms with E-state index in [0.717, 1.165) is 44.9 Å². The van der Waals surface area contributed by atoms with Gasteiger partial charge in [-0.25, -0.2) is 0 Å². The number of hydrogen-bond donors (Lipinski definition) is 1. The van der Waals surface area contributed by atoms with Gasteiger partial charge in [-0.15, -0.1) is 0 Å². The van der Waals surface area contributed by atoms with Crippen LogP contribution in [-0.2, 0) is 16.0 Å². The Bertz CT molecular complexity index is 492. The van der Waals surface area contributed by atoms with Crippen molar-refractivity contribution in [1.29, 1.82) is 0 Å². The van der Waals surface area contributed by atoms with Crippen LogP contribution in [0.4, 0.5) is 0 Å². The van der Waals surface area contributed by atoms with Crippen LogP contribution in [0.2, 0.25) is 0 Å². The SMILES string of the molecule is NC1(C(=O)OC2CCCc3ccccc32)CCCCC1. The van der Waals surface area contributed by atoms with Crippen molar-refractivity contribution >= 4 is 5.97 Å². The molecular weight excluding hydrogens is 250 g/mol. The zero-order valence-electron chi connectivity index (χ0n) is 11.9. The van der Waals surface area contributed by atoms with Crippen LogP contribution in [0.5, 0.6) is 0 Å². The second-order valence-corrected chi connectivity index (χ2v) is 6.20. The van der Waals surface area contributed by atoms with Gasteiger partial charge >= 0.3 is 5.97 Å². The van der Waals surface area contributed by atoms with Crippen LogP contribution < -0.4 is 5.73 Å². The number of aryl methyl sites for hydroxylation is 1. The molecule has 1 aromatic carbocycles. The first-order valence-electron chi connectivity index (χ1n) is 7.77. The highest BCUT2D eigenvalue weighted by molar-refractivity contribution is 5.81. The fourth-order valence-corrected chi connectivity index (χ4v) is 3.47. The molecule has 2 aliphatic carbocycles. The molecule has 0 saturated heterocycles. The lowest BCUT2D eigenvalue weighted by Gasteiger charge is -2.34. The van der Waals surface area contributed by atoms with Gasteiger partial charge in [-0.2, -0.15) is 0 Å². The molecule has 0 spiro atoms. The molecule has 1 aromatic rings. The first-order chi connectivity index (χ1) is 9.69. The van der Waals surface area contributed by atoms with Gasteiger partial charge in [0, 0.05) is 0 Å². The number of esters is 1. The molecule has 1 fully saturated rings. The minimum atomic E-state index is -0.745. The predicted octanol–water partition coefficient (Wildman–Crippen LogP) is 3.27. The van der Waals surface area contributed by atoms with E-state index in [0.29, 0.717) is 0 Å². The van der Waals surface area contributed by atoms with Crippen LogP contribution in [0.15, 0.2) is 24.3 Å². The van der Waals surface area contributed by atoms with Crippen molar-refractivity contribution in [3.63, 3.8) is 0 Å². The van der Waals surface area contributed by atoms with Gasteiger partial charge in [-0.05, 0) is 43.2 Å². The van der Waals surface area contributed by atoms with Gasteiger partial charge in [0.2, 0.25) is 0 Å². The average molecular weight is 273 g/mol. The first-order valence-corrected chi connectivity index (χ1v) is 7.77. The summed E-state index contributed by atoms with van der Waals surface area (Å²) in [6, 6.07) is 8.28. The van der Waals surface area contributed by atoms with Crippen LogP contribution in [0.1, 0.15) is 62.2 Å². The van der Waals surface area contributed by atoms with E-state index in [9.17, 15) is 4.79 Å². The Hall–Kier alpha value is -1.35. The van der Waals surface area contributed by atoms with E-state index >= 15 is 0 Å². The largest absolute Gasteiger partial charge is 0.456 e. The molecule has 2 aliphatic rings. The number of ether oxygens (including phenoxy) is 1. The zero-order valence-corrected chi connectivity index (χ0v) is 11.9. The summed E-state index contributed by atoms with van der Waals surface area (Å²) < 4.78 is 5.80. The van der Waals surface area contributed by atoms with E-state index in [4.69, 9.17) is 10.5 Å². The van der Waals surface area contributed by atoms with Crippen LogP contribution in [-0.4, -0.2) is 11.5 Å². The third-order valence-corrected chi connectivity index (χ3v) is 4.72. The minimum Gasteiger partial charge on any atom is -0.456 e. The van der Waals surface area contributed by atoms with Gasteiger partial charge in [0.15, 0.2) is 0 Å². The molecule has 1 atom stereocenters. The van der Waals surface area contributed by atoms with E-state index in [1.807, 2.05) is 6.07 Å². The first kappa shape index (κ1) is 13.6. The predicted molar refractivity (Wildman–Crippen MR) is 78.2 cm³/mol. The Morgan fingerprint density at radius 1 is 1.15 bits per heavy atom. The van der Waals surface area contributed by atoms with Crippen molar-refractivity contribution in [2.75, 3.05) is 0 Å². The molecule has 2 N–H and O–H groups in total. The molecule has 3 heteroatoms. The number of hydrogen-bond acceptors (Lipinski definition) is 3. The summed E-state index contributed by atoms with van der Waals surface area (Å²) in [5, 5.41) is 0. The third-order valence-electron chi connectivity index (χ3n) is 4.72. The Labute approximate surface area is 120 Å². The summed E-state index contributed by atoms with van der Waals surface area (Å²) in [5.74, 6) is -0.195. The molecular formula is C17H23NO2. The van der Waals surface area contributed by atoms with Gasteiger partial charge in [0.25, 0.3) is 0 Å². The Morgan fingerprint density at radius 2 is 1.90 bits per heavy atom. The standard InChI is InChI=1S/C17H23NO2/c18-17(11-4-1-5-12-17)16(19)20-15-10-6-8-13-7-2-3-9-14(13)15/h2-3,7,9,15H,1,4-6,8,10-12,18H2. The van der Waals surface area contributed by atoms with Crippen molar-refractivity contribution in [3.8, 4) is 0 Å². The van der Waals surface area contributed by atoms with E-state index in [-0.39, 0.29) is 12.1 Å². The van der Waals surface area contributed by atoms with Crippen molar-refractivity contribution < 1.29 is 9.53 Å². The van der Waals surface area contributed by atoms with Crippen LogP contribution >= 0.6 is 0 Å². The molecule has 108 valence electrons. The van der Waals surface area contributed by atoms with Crippen molar-refractivity contribution in [1.82, 2.24) is 0 Å². The minimum absolute atomic E-state index is 0.102. The molecule has 0 bridgehead atoms.